The zero-order valence-electron chi connectivity index (χ0n) is 18.6. The summed E-state index contributed by atoms with van der Waals surface area (Å²) in [5, 5.41) is 25.1. The maximum absolute atomic E-state index is 12.7. The highest BCUT2D eigenvalue weighted by molar-refractivity contribution is 5.96. The van der Waals surface area contributed by atoms with E-state index in [1.165, 1.54) is 0 Å². The van der Waals surface area contributed by atoms with Crippen molar-refractivity contribution in [1.82, 2.24) is 16.0 Å². The van der Waals surface area contributed by atoms with Crippen molar-refractivity contribution in [1.29, 1.82) is 0 Å². The number of nitrogens with one attached hydrogen (secondary N) is 3. The molecule has 182 valence electrons. The maximum atomic E-state index is 12.7. The minimum Gasteiger partial charge on any atom is -0.481 e. The second kappa shape index (κ2) is 13.2. The van der Waals surface area contributed by atoms with Gasteiger partial charge in [0.25, 0.3) is 0 Å². The van der Waals surface area contributed by atoms with Crippen LogP contribution in [-0.2, 0) is 28.8 Å². The van der Waals surface area contributed by atoms with Crippen LogP contribution in [0.1, 0.15) is 47.0 Å². The smallest absolute Gasteiger partial charge is 0.326 e. The molecule has 5 unspecified atom stereocenters. The average molecular weight is 460 g/mol. The minimum absolute atomic E-state index is 0.277. The predicted octanol–water partition coefficient (Wildman–Crippen LogP) is -2.10. The molecule has 0 saturated carbocycles. The molecule has 0 radical (unpaired) electrons. The van der Waals surface area contributed by atoms with Gasteiger partial charge in [-0.15, -0.1) is 0 Å². The topological polar surface area (TPSA) is 231 Å². The molecular weight excluding hydrogens is 426 g/mol. The Kier molecular flexibility index (Phi) is 11.9. The number of primary amides is 1. The molecule has 32 heavy (non-hydrogen) atoms. The zero-order valence-corrected chi connectivity index (χ0v) is 18.6. The van der Waals surface area contributed by atoms with Crippen LogP contribution in [0.3, 0.4) is 0 Å². The summed E-state index contributed by atoms with van der Waals surface area (Å²) in [6.07, 6.45) is -1.04. The van der Waals surface area contributed by atoms with Gasteiger partial charge in [-0.25, -0.2) is 4.79 Å². The molecule has 0 aliphatic heterocycles. The molecular formula is C19H33N5O8. The van der Waals surface area contributed by atoms with Gasteiger partial charge in [0.1, 0.15) is 18.1 Å². The SMILES string of the molecule is CCC(C)C(NC(=O)C(CC(=O)O)NC(=O)C(N)C(C)C)C(=O)NC(CC(N)=O)C(=O)O. The summed E-state index contributed by atoms with van der Waals surface area (Å²) in [4.78, 5) is 71.2. The van der Waals surface area contributed by atoms with Gasteiger partial charge in [-0.05, 0) is 11.8 Å². The van der Waals surface area contributed by atoms with Crippen molar-refractivity contribution in [2.75, 3.05) is 0 Å². The van der Waals surface area contributed by atoms with Crippen LogP contribution in [-0.4, -0.2) is 69.9 Å². The summed E-state index contributed by atoms with van der Waals surface area (Å²) in [5.41, 5.74) is 10.7. The van der Waals surface area contributed by atoms with Crippen LogP contribution in [0.2, 0.25) is 0 Å². The Labute approximate surface area is 185 Å². The van der Waals surface area contributed by atoms with Gasteiger partial charge in [-0.1, -0.05) is 34.1 Å². The molecule has 0 aliphatic rings. The molecule has 0 bridgehead atoms. The standard InChI is InChI=1S/C19H33N5O8/c1-5-9(4)15(18(30)23-11(19(31)32)6-12(20)25)24-16(28)10(7-13(26)27)22-17(29)14(21)8(2)3/h8-11,14-15H,5-7,21H2,1-4H3,(H2,20,25)(H,22,29)(H,23,30)(H,24,28)(H,26,27)(H,31,32). The summed E-state index contributed by atoms with van der Waals surface area (Å²) < 4.78 is 0. The summed E-state index contributed by atoms with van der Waals surface area (Å²) in [5.74, 6) is -7.20. The fourth-order valence-corrected chi connectivity index (χ4v) is 2.57. The Morgan fingerprint density at radius 2 is 1.34 bits per heavy atom. The lowest BCUT2D eigenvalue weighted by molar-refractivity contribution is -0.144. The van der Waals surface area contributed by atoms with Crippen molar-refractivity contribution < 1.29 is 39.0 Å². The van der Waals surface area contributed by atoms with E-state index in [2.05, 4.69) is 16.0 Å². The number of carbonyl (C=O) groups is 6. The third kappa shape index (κ3) is 9.73. The normalized spacial score (nSPS) is 15.6. The van der Waals surface area contributed by atoms with E-state index in [1.54, 1.807) is 27.7 Å². The second-order valence-electron chi connectivity index (χ2n) is 7.87. The fourth-order valence-electron chi connectivity index (χ4n) is 2.57. The lowest BCUT2D eigenvalue weighted by Gasteiger charge is -2.27. The Balaban J connectivity index is 5.61. The minimum atomic E-state index is -1.61. The first-order valence-electron chi connectivity index (χ1n) is 10.1. The molecule has 0 aromatic rings. The molecule has 13 nitrogen and oxygen atoms in total. The molecule has 0 fully saturated rings. The Morgan fingerprint density at radius 1 is 0.812 bits per heavy atom. The van der Waals surface area contributed by atoms with Gasteiger partial charge >= 0.3 is 11.9 Å². The first kappa shape index (κ1) is 28.8. The van der Waals surface area contributed by atoms with Crippen molar-refractivity contribution in [3.8, 4) is 0 Å². The Hall–Kier alpha value is -3.22. The van der Waals surface area contributed by atoms with Gasteiger partial charge in [0.15, 0.2) is 0 Å². The Morgan fingerprint density at radius 3 is 1.75 bits per heavy atom. The number of hydrogen-bond acceptors (Lipinski definition) is 7. The molecule has 0 saturated heterocycles. The number of amides is 4. The van der Waals surface area contributed by atoms with Gasteiger partial charge in [0.2, 0.25) is 23.6 Å². The lowest BCUT2D eigenvalue weighted by atomic mass is 9.97. The highest BCUT2D eigenvalue weighted by Gasteiger charge is 2.34. The van der Waals surface area contributed by atoms with Gasteiger partial charge in [0.05, 0.1) is 18.9 Å². The quantitative estimate of drug-likeness (QED) is 0.151. The van der Waals surface area contributed by atoms with Crippen LogP contribution < -0.4 is 27.4 Å². The van der Waals surface area contributed by atoms with Gasteiger partial charge in [-0.3, -0.25) is 24.0 Å². The van der Waals surface area contributed by atoms with Crippen molar-refractivity contribution in [2.45, 2.75) is 71.1 Å². The van der Waals surface area contributed by atoms with Crippen molar-refractivity contribution in [3.05, 3.63) is 0 Å². The molecule has 4 amide bonds. The van der Waals surface area contributed by atoms with Crippen LogP contribution in [0.25, 0.3) is 0 Å². The number of carbonyl (C=O) groups excluding carboxylic acids is 4. The zero-order chi connectivity index (χ0) is 25.2. The molecule has 0 aliphatic carbocycles. The third-order valence-corrected chi connectivity index (χ3v) is 4.85. The van der Waals surface area contributed by atoms with E-state index in [0.29, 0.717) is 6.42 Å². The number of aliphatic carboxylic acids is 2. The number of hydrogen-bond donors (Lipinski definition) is 7. The van der Waals surface area contributed by atoms with Gasteiger partial charge < -0.3 is 37.6 Å². The van der Waals surface area contributed by atoms with Crippen LogP contribution in [0.15, 0.2) is 0 Å². The van der Waals surface area contributed by atoms with Crippen LogP contribution >= 0.6 is 0 Å². The van der Waals surface area contributed by atoms with E-state index in [9.17, 15) is 33.9 Å². The summed E-state index contributed by atoms with van der Waals surface area (Å²) in [7, 11) is 0. The predicted molar refractivity (Wildman–Crippen MR) is 112 cm³/mol. The van der Waals surface area contributed by atoms with Crippen LogP contribution in [0, 0.1) is 11.8 Å². The first-order valence-corrected chi connectivity index (χ1v) is 10.1. The van der Waals surface area contributed by atoms with Crippen LogP contribution in [0.4, 0.5) is 0 Å². The second-order valence-corrected chi connectivity index (χ2v) is 7.87. The molecule has 9 N–H and O–H groups in total. The fraction of sp³-hybridized carbons (Fsp3) is 0.684. The maximum Gasteiger partial charge on any atom is 0.326 e. The van der Waals surface area contributed by atoms with Gasteiger partial charge in [-0.2, -0.15) is 0 Å². The molecule has 0 rings (SSSR count). The molecule has 0 aromatic heterocycles. The van der Waals surface area contributed by atoms with Crippen molar-refractivity contribution in [2.24, 2.45) is 23.3 Å². The molecule has 5 atom stereocenters. The van der Waals surface area contributed by atoms with Crippen molar-refractivity contribution in [3.63, 3.8) is 0 Å². The number of rotatable bonds is 14. The largest absolute Gasteiger partial charge is 0.481 e. The molecule has 0 spiro atoms. The lowest BCUT2D eigenvalue weighted by Crippen LogP contribution is -2.59. The summed E-state index contributed by atoms with van der Waals surface area (Å²) in [6, 6.07) is -5.39. The molecule has 0 heterocycles. The van der Waals surface area contributed by atoms with E-state index in [0.717, 1.165) is 0 Å². The average Bonchev–Trinajstić information content (AvgIpc) is 2.68. The number of carboxylic acid groups (broad SMARTS) is 2. The highest BCUT2D eigenvalue weighted by Crippen LogP contribution is 2.10. The van der Waals surface area contributed by atoms with Crippen LogP contribution in [0.5, 0.6) is 0 Å². The monoisotopic (exact) mass is 459 g/mol. The summed E-state index contributed by atoms with van der Waals surface area (Å²) in [6.45, 7) is 6.66. The number of nitrogens with two attached hydrogens (primary N) is 2. The van der Waals surface area contributed by atoms with E-state index in [-0.39, 0.29) is 5.92 Å². The van der Waals surface area contributed by atoms with E-state index < -0.39 is 78.5 Å². The number of carboxylic acids is 2. The van der Waals surface area contributed by atoms with E-state index in [4.69, 9.17) is 16.6 Å². The highest BCUT2D eigenvalue weighted by atomic mass is 16.4. The Bertz CT molecular complexity index is 727. The van der Waals surface area contributed by atoms with E-state index >= 15 is 0 Å². The van der Waals surface area contributed by atoms with E-state index in [1.807, 2.05) is 0 Å². The molecule has 0 aromatic carbocycles. The summed E-state index contributed by atoms with van der Waals surface area (Å²) >= 11 is 0. The first-order chi connectivity index (χ1) is 14.7. The van der Waals surface area contributed by atoms with Gasteiger partial charge in [0, 0.05) is 0 Å². The molecule has 13 heteroatoms. The third-order valence-electron chi connectivity index (χ3n) is 4.85. The van der Waals surface area contributed by atoms with Crippen molar-refractivity contribution >= 4 is 35.6 Å².